The van der Waals surface area contributed by atoms with Crippen LogP contribution in [0, 0.1) is 0 Å². The van der Waals surface area contributed by atoms with Crippen molar-refractivity contribution in [2.75, 3.05) is 32.7 Å². The van der Waals surface area contributed by atoms with Crippen LogP contribution >= 0.6 is 0 Å². The monoisotopic (exact) mass is 458 g/mol. The minimum Gasteiger partial charge on any atom is -0.495 e. The highest BCUT2D eigenvalue weighted by atomic mass is 16.5. The van der Waals surface area contributed by atoms with Gasteiger partial charge in [0.15, 0.2) is 5.75 Å². The van der Waals surface area contributed by atoms with Crippen LogP contribution in [0.5, 0.6) is 11.5 Å². The molecule has 0 spiro atoms. The fourth-order valence-corrected chi connectivity index (χ4v) is 3.98. The summed E-state index contributed by atoms with van der Waals surface area (Å²) in [5.41, 5.74) is 3.93. The maximum atomic E-state index is 13.9. The Labute approximate surface area is 197 Å². The summed E-state index contributed by atoms with van der Waals surface area (Å²) < 4.78 is 18.1. The van der Waals surface area contributed by atoms with Gasteiger partial charge in [0.1, 0.15) is 18.0 Å². The number of ether oxygens (including phenoxy) is 3. The summed E-state index contributed by atoms with van der Waals surface area (Å²) in [4.78, 5) is 25.6. The van der Waals surface area contributed by atoms with E-state index in [-0.39, 0.29) is 18.3 Å². The van der Waals surface area contributed by atoms with Crippen molar-refractivity contribution in [3.8, 4) is 22.6 Å². The lowest BCUT2D eigenvalue weighted by Crippen LogP contribution is -2.17. The van der Waals surface area contributed by atoms with Crippen LogP contribution in [0.25, 0.3) is 16.6 Å². The number of ketones is 1. The molecule has 34 heavy (non-hydrogen) atoms. The molecule has 0 bridgehead atoms. The van der Waals surface area contributed by atoms with Gasteiger partial charge in [0.05, 0.1) is 37.6 Å². The highest BCUT2D eigenvalue weighted by Crippen LogP contribution is 2.40. The van der Waals surface area contributed by atoms with Gasteiger partial charge in [-0.05, 0) is 42.8 Å². The maximum Gasteiger partial charge on any atom is 0.325 e. The first-order chi connectivity index (χ1) is 16.6. The van der Waals surface area contributed by atoms with Gasteiger partial charge >= 0.3 is 5.97 Å². The predicted octanol–water partition coefficient (Wildman–Crippen LogP) is 4.83. The van der Waals surface area contributed by atoms with E-state index in [4.69, 9.17) is 14.2 Å². The van der Waals surface area contributed by atoms with E-state index in [1.165, 1.54) is 7.11 Å². The van der Waals surface area contributed by atoms with E-state index >= 15 is 0 Å². The Bertz CT molecular complexity index is 1330. The second-order valence-corrected chi connectivity index (χ2v) is 7.48. The van der Waals surface area contributed by atoms with Gasteiger partial charge in [0, 0.05) is 11.8 Å². The average molecular weight is 459 g/mol. The highest BCUT2D eigenvalue weighted by molar-refractivity contribution is 6.14. The Morgan fingerprint density at radius 2 is 1.71 bits per heavy atom. The Hall–Kier alpha value is -4.26. The van der Waals surface area contributed by atoms with Crippen LogP contribution in [0.1, 0.15) is 23.0 Å². The van der Waals surface area contributed by atoms with Crippen LogP contribution in [0.4, 0.5) is 5.69 Å². The largest absolute Gasteiger partial charge is 0.495 e. The summed E-state index contributed by atoms with van der Waals surface area (Å²) in [6.45, 7) is 2.06. The Morgan fingerprint density at radius 1 is 0.941 bits per heavy atom. The Kier molecular flexibility index (Phi) is 6.82. The lowest BCUT2D eigenvalue weighted by molar-refractivity contribution is -0.140. The molecular weight excluding hydrogens is 432 g/mol. The first kappa shape index (κ1) is 22.9. The summed E-state index contributed by atoms with van der Waals surface area (Å²) in [5, 5.41) is 3.00. The Balaban J connectivity index is 1.80. The number of carbonyl (C=O) groups excluding carboxylic acids is 2. The number of anilines is 1. The summed E-state index contributed by atoms with van der Waals surface area (Å²) in [7, 11) is 3.13. The topological polar surface area (TPSA) is 78.3 Å². The van der Waals surface area contributed by atoms with Gasteiger partial charge in [-0.25, -0.2) is 0 Å². The lowest BCUT2D eigenvalue weighted by Gasteiger charge is -2.13. The molecule has 174 valence electrons. The smallest absolute Gasteiger partial charge is 0.325 e. The fraction of sp³-hybridized carbons (Fsp3) is 0.185. The van der Waals surface area contributed by atoms with Crippen LogP contribution in [0.15, 0.2) is 72.9 Å². The van der Waals surface area contributed by atoms with Crippen LogP contribution in [0.2, 0.25) is 0 Å². The van der Waals surface area contributed by atoms with E-state index in [9.17, 15) is 9.59 Å². The number of benzene rings is 2. The SMILES string of the molecule is CCOC(=O)CNc1ccc(C(=O)c2c(-c3ccccc3)c(OC)c3ccccn23)cc1OC. The lowest BCUT2D eigenvalue weighted by atomic mass is 9.99. The van der Waals surface area contributed by atoms with E-state index < -0.39 is 0 Å². The molecule has 0 amide bonds. The molecule has 0 aliphatic carbocycles. The zero-order valence-electron chi connectivity index (χ0n) is 19.3. The van der Waals surface area contributed by atoms with Crippen LogP contribution in [0.3, 0.4) is 0 Å². The van der Waals surface area contributed by atoms with Gasteiger partial charge in [-0.3, -0.25) is 9.59 Å². The quantitative estimate of drug-likeness (QED) is 0.286. The number of hydrogen-bond donors (Lipinski definition) is 1. The number of carbonyl (C=O) groups is 2. The molecule has 0 radical (unpaired) electrons. The molecule has 0 aliphatic rings. The molecule has 2 aromatic carbocycles. The molecule has 0 fully saturated rings. The minimum absolute atomic E-state index is 0.00378. The molecule has 7 heteroatoms. The first-order valence-electron chi connectivity index (χ1n) is 10.9. The van der Waals surface area contributed by atoms with E-state index in [1.807, 2.05) is 59.1 Å². The number of rotatable bonds is 9. The molecule has 0 unspecified atom stereocenters. The van der Waals surface area contributed by atoms with Crippen molar-refractivity contribution < 1.29 is 23.8 Å². The van der Waals surface area contributed by atoms with Crippen LogP contribution in [-0.2, 0) is 9.53 Å². The summed E-state index contributed by atoms with van der Waals surface area (Å²) in [5.74, 6) is 0.529. The molecule has 2 aromatic heterocycles. The van der Waals surface area contributed by atoms with Crippen molar-refractivity contribution in [2.45, 2.75) is 6.92 Å². The van der Waals surface area contributed by atoms with Gasteiger partial charge in [-0.15, -0.1) is 0 Å². The van der Waals surface area contributed by atoms with Crippen molar-refractivity contribution in [1.29, 1.82) is 0 Å². The fourth-order valence-electron chi connectivity index (χ4n) is 3.98. The van der Waals surface area contributed by atoms with Gasteiger partial charge in [0.2, 0.25) is 5.78 Å². The van der Waals surface area contributed by atoms with E-state index in [0.29, 0.717) is 35.1 Å². The maximum absolute atomic E-state index is 13.9. The molecule has 4 aromatic rings. The van der Waals surface area contributed by atoms with Gasteiger partial charge in [-0.2, -0.15) is 0 Å². The number of nitrogens with one attached hydrogen (secondary N) is 1. The summed E-state index contributed by atoms with van der Waals surface area (Å²) in [6, 6.07) is 20.5. The summed E-state index contributed by atoms with van der Waals surface area (Å²) in [6.07, 6.45) is 1.85. The van der Waals surface area contributed by atoms with E-state index in [2.05, 4.69) is 5.32 Å². The first-order valence-corrected chi connectivity index (χ1v) is 10.9. The summed E-state index contributed by atoms with van der Waals surface area (Å²) >= 11 is 0. The zero-order chi connectivity index (χ0) is 24.1. The highest BCUT2D eigenvalue weighted by Gasteiger charge is 2.26. The van der Waals surface area contributed by atoms with Crippen molar-refractivity contribution in [3.05, 3.63) is 84.2 Å². The normalized spacial score (nSPS) is 10.7. The average Bonchev–Trinajstić information content (AvgIpc) is 3.22. The van der Waals surface area contributed by atoms with Crippen molar-refractivity contribution in [2.24, 2.45) is 0 Å². The standard InChI is InChI=1S/C27H26N2O5/c1-4-34-23(30)17-28-20-14-13-19(16-22(20)32-2)26(31)25-24(18-10-6-5-7-11-18)27(33-3)21-12-8-9-15-29(21)25/h5-16,28H,4,17H2,1-3H3. The molecule has 0 saturated heterocycles. The number of esters is 1. The number of hydrogen-bond acceptors (Lipinski definition) is 6. The van der Waals surface area contributed by atoms with Crippen molar-refractivity contribution >= 4 is 23.0 Å². The third kappa shape index (κ3) is 4.32. The molecule has 4 rings (SSSR count). The number of aromatic nitrogens is 1. The number of fused-ring (bicyclic) bond motifs is 1. The van der Waals surface area contributed by atoms with E-state index in [1.54, 1.807) is 32.2 Å². The molecule has 1 N–H and O–H groups in total. The second kappa shape index (κ2) is 10.1. The zero-order valence-corrected chi connectivity index (χ0v) is 19.3. The van der Waals surface area contributed by atoms with Crippen LogP contribution < -0.4 is 14.8 Å². The van der Waals surface area contributed by atoms with Crippen molar-refractivity contribution in [3.63, 3.8) is 0 Å². The number of pyridine rings is 1. The van der Waals surface area contributed by atoms with E-state index in [0.717, 1.165) is 16.6 Å². The molecule has 2 heterocycles. The molecular formula is C27H26N2O5. The molecule has 0 atom stereocenters. The Morgan fingerprint density at radius 3 is 2.41 bits per heavy atom. The van der Waals surface area contributed by atoms with Gasteiger partial charge in [-0.1, -0.05) is 36.4 Å². The van der Waals surface area contributed by atoms with Crippen LogP contribution in [-0.4, -0.2) is 43.5 Å². The minimum atomic E-state index is -0.371. The number of nitrogens with zero attached hydrogens (tertiary/aromatic N) is 1. The third-order valence-corrected chi connectivity index (χ3v) is 5.47. The van der Waals surface area contributed by atoms with Crippen molar-refractivity contribution in [1.82, 2.24) is 4.40 Å². The molecule has 0 aliphatic heterocycles. The van der Waals surface area contributed by atoms with Gasteiger partial charge in [0.25, 0.3) is 0 Å². The second-order valence-electron chi connectivity index (χ2n) is 7.48. The predicted molar refractivity (Wildman–Crippen MR) is 131 cm³/mol. The van der Waals surface area contributed by atoms with Gasteiger partial charge < -0.3 is 23.9 Å². The number of methoxy groups -OCH3 is 2. The third-order valence-electron chi connectivity index (χ3n) is 5.47. The molecule has 0 saturated carbocycles. The molecule has 7 nitrogen and oxygen atoms in total.